The van der Waals surface area contributed by atoms with E-state index in [1.807, 2.05) is 24.3 Å². The van der Waals surface area contributed by atoms with Gasteiger partial charge < -0.3 is 14.6 Å². The molecule has 0 atom stereocenters. The number of rotatable bonds is 9. The molecule has 33 heavy (non-hydrogen) atoms. The molecule has 0 saturated heterocycles. The normalized spacial score (nSPS) is 12.1. The molecule has 0 unspecified atom stereocenters. The van der Waals surface area contributed by atoms with Crippen molar-refractivity contribution in [1.82, 2.24) is 5.43 Å². The standard InChI is InChI=1S/C25H32Cl2N2O4/c1-7-32-20-12-19(26)22(27)18(23(20)31)13-28-29-21(30)14-33-17-10-8-16(9-11-17)25(5,6)15-24(2,3)4/h8-13,31H,7,14-15H2,1-6H3,(H,29,30)/b28-13+. The number of hydrazone groups is 1. The maximum absolute atomic E-state index is 12.1. The summed E-state index contributed by atoms with van der Waals surface area (Å²) in [4.78, 5) is 12.1. The molecule has 0 spiro atoms. The lowest BCUT2D eigenvalue weighted by Gasteiger charge is -2.33. The Kier molecular flexibility index (Phi) is 9.04. The molecule has 0 aliphatic heterocycles. The van der Waals surface area contributed by atoms with Gasteiger partial charge in [0, 0.05) is 6.07 Å². The molecule has 0 radical (unpaired) electrons. The molecule has 2 aromatic rings. The summed E-state index contributed by atoms with van der Waals surface area (Å²) in [6, 6.07) is 9.18. The number of aromatic hydroxyl groups is 1. The second-order valence-electron chi connectivity index (χ2n) is 9.59. The van der Waals surface area contributed by atoms with Crippen molar-refractivity contribution in [2.75, 3.05) is 13.2 Å². The zero-order chi connectivity index (χ0) is 24.8. The molecular weight excluding hydrogens is 463 g/mol. The van der Waals surface area contributed by atoms with E-state index in [4.69, 9.17) is 32.7 Å². The van der Waals surface area contributed by atoms with Crippen LogP contribution in [0.1, 0.15) is 59.1 Å². The van der Waals surface area contributed by atoms with Gasteiger partial charge in [-0.25, -0.2) is 5.43 Å². The van der Waals surface area contributed by atoms with Gasteiger partial charge >= 0.3 is 0 Å². The van der Waals surface area contributed by atoms with E-state index < -0.39 is 5.91 Å². The van der Waals surface area contributed by atoms with Gasteiger partial charge in [-0.2, -0.15) is 5.10 Å². The molecule has 180 valence electrons. The van der Waals surface area contributed by atoms with Gasteiger partial charge in [0.25, 0.3) is 5.91 Å². The molecule has 1 amide bonds. The topological polar surface area (TPSA) is 80.2 Å². The Hall–Kier alpha value is -2.44. The zero-order valence-corrected chi connectivity index (χ0v) is 21.5. The van der Waals surface area contributed by atoms with E-state index in [1.165, 1.54) is 17.8 Å². The first kappa shape index (κ1) is 26.8. The summed E-state index contributed by atoms with van der Waals surface area (Å²) in [5.41, 5.74) is 3.93. The number of nitrogens with zero attached hydrogens (tertiary/aromatic N) is 1. The van der Waals surface area contributed by atoms with Crippen LogP contribution in [0.5, 0.6) is 17.2 Å². The van der Waals surface area contributed by atoms with Crippen LogP contribution in [0.25, 0.3) is 0 Å². The summed E-state index contributed by atoms with van der Waals surface area (Å²) in [5.74, 6) is 0.0829. The van der Waals surface area contributed by atoms with Crippen LogP contribution in [0.2, 0.25) is 10.0 Å². The highest BCUT2D eigenvalue weighted by Crippen LogP contribution is 2.39. The van der Waals surface area contributed by atoms with E-state index in [0.29, 0.717) is 12.4 Å². The average molecular weight is 495 g/mol. The first-order valence-electron chi connectivity index (χ1n) is 10.7. The monoisotopic (exact) mass is 494 g/mol. The average Bonchev–Trinajstić information content (AvgIpc) is 2.71. The minimum Gasteiger partial charge on any atom is -0.504 e. The fourth-order valence-electron chi connectivity index (χ4n) is 3.78. The molecule has 6 nitrogen and oxygen atoms in total. The van der Waals surface area contributed by atoms with E-state index in [-0.39, 0.29) is 44.5 Å². The van der Waals surface area contributed by atoms with Crippen molar-refractivity contribution in [2.24, 2.45) is 10.5 Å². The summed E-state index contributed by atoms with van der Waals surface area (Å²) in [6.45, 7) is 13.0. The summed E-state index contributed by atoms with van der Waals surface area (Å²) >= 11 is 12.2. The Morgan fingerprint density at radius 3 is 2.33 bits per heavy atom. The summed E-state index contributed by atoms with van der Waals surface area (Å²) < 4.78 is 10.9. The minimum absolute atomic E-state index is 0.0259. The summed E-state index contributed by atoms with van der Waals surface area (Å²) in [7, 11) is 0. The van der Waals surface area contributed by atoms with Crippen LogP contribution in [0.3, 0.4) is 0 Å². The Morgan fingerprint density at radius 1 is 1.12 bits per heavy atom. The molecule has 0 fully saturated rings. The highest BCUT2D eigenvalue weighted by molar-refractivity contribution is 6.43. The lowest BCUT2D eigenvalue weighted by atomic mass is 9.72. The lowest BCUT2D eigenvalue weighted by molar-refractivity contribution is -0.123. The summed E-state index contributed by atoms with van der Waals surface area (Å²) in [5, 5.41) is 14.4. The second kappa shape index (κ2) is 11.1. The summed E-state index contributed by atoms with van der Waals surface area (Å²) in [6.07, 6.45) is 2.24. The van der Waals surface area contributed by atoms with Gasteiger partial charge in [0.15, 0.2) is 18.1 Å². The van der Waals surface area contributed by atoms with Crippen molar-refractivity contribution in [3.63, 3.8) is 0 Å². The maximum Gasteiger partial charge on any atom is 0.277 e. The number of halogens is 2. The maximum atomic E-state index is 12.1. The third-order valence-electron chi connectivity index (χ3n) is 4.85. The van der Waals surface area contributed by atoms with E-state index in [2.05, 4.69) is 45.1 Å². The zero-order valence-electron chi connectivity index (χ0n) is 20.0. The lowest BCUT2D eigenvalue weighted by Crippen LogP contribution is -2.25. The predicted octanol–water partition coefficient (Wildman–Crippen LogP) is 6.34. The van der Waals surface area contributed by atoms with Gasteiger partial charge in [0.1, 0.15) is 5.75 Å². The quantitative estimate of drug-likeness (QED) is 0.314. The van der Waals surface area contributed by atoms with E-state index >= 15 is 0 Å². The second-order valence-corrected chi connectivity index (χ2v) is 10.4. The van der Waals surface area contributed by atoms with Gasteiger partial charge in [0.05, 0.1) is 28.4 Å². The van der Waals surface area contributed by atoms with Crippen LogP contribution in [0.4, 0.5) is 0 Å². The Balaban J connectivity index is 1.96. The van der Waals surface area contributed by atoms with Crippen molar-refractivity contribution in [1.29, 1.82) is 0 Å². The third-order valence-corrected chi connectivity index (χ3v) is 5.66. The molecule has 0 aliphatic rings. The molecule has 2 rings (SSSR count). The van der Waals surface area contributed by atoms with Gasteiger partial charge in [-0.15, -0.1) is 0 Å². The Bertz CT molecular complexity index is 997. The van der Waals surface area contributed by atoms with Crippen molar-refractivity contribution in [3.05, 3.63) is 51.5 Å². The van der Waals surface area contributed by atoms with Crippen molar-refractivity contribution in [3.8, 4) is 17.2 Å². The number of nitrogens with one attached hydrogen (secondary N) is 1. The number of carbonyl (C=O) groups excluding carboxylic acids is 1. The molecule has 0 bridgehead atoms. The largest absolute Gasteiger partial charge is 0.504 e. The predicted molar refractivity (Wildman–Crippen MR) is 134 cm³/mol. The van der Waals surface area contributed by atoms with Crippen LogP contribution in [0, 0.1) is 5.41 Å². The fraction of sp³-hybridized carbons (Fsp3) is 0.440. The van der Waals surface area contributed by atoms with E-state index in [0.717, 1.165) is 6.42 Å². The number of phenolic OH excluding ortho intramolecular Hbond substituents is 1. The van der Waals surface area contributed by atoms with Crippen LogP contribution in [-0.4, -0.2) is 30.4 Å². The number of phenols is 1. The van der Waals surface area contributed by atoms with Crippen LogP contribution in [0.15, 0.2) is 35.4 Å². The highest BCUT2D eigenvalue weighted by Gasteiger charge is 2.27. The number of hydrogen-bond acceptors (Lipinski definition) is 5. The Labute approximate surface area is 205 Å². The first-order chi connectivity index (χ1) is 15.3. The van der Waals surface area contributed by atoms with Crippen molar-refractivity contribution < 1.29 is 19.4 Å². The van der Waals surface area contributed by atoms with Gasteiger partial charge in [0.2, 0.25) is 0 Å². The Morgan fingerprint density at radius 2 is 1.76 bits per heavy atom. The molecule has 0 aromatic heterocycles. The smallest absolute Gasteiger partial charge is 0.277 e. The van der Waals surface area contributed by atoms with Gasteiger partial charge in [-0.3, -0.25) is 4.79 Å². The molecule has 8 heteroatoms. The van der Waals surface area contributed by atoms with E-state index in [9.17, 15) is 9.90 Å². The number of amides is 1. The van der Waals surface area contributed by atoms with Crippen LogP contribution < -0.4 is 14.9 Å². The molecule has 2 N–H and O–H groups in total. The molecule has 0 aliphatic carbocycles. The number of ether oxygens (including phenoxy) is 2. The van der Waals surface area contributed by atoms with Crippen LogP contribution in [-0.2, 0) is 10.2 Å². The number of hydrogen-bond donors (Lipinski definition) is 2. The fourth-order valence-corrected chi connectivity index (χ4v) is 4.17. The van der Waals surface area contributed by atoms with E-state index in [1.54, 1.807) is 6.92 Å². The third kappa shape index (κ3) is 7.83. The first-order valence-corrected chi connectivity index (χ1v) is 11.5. The van der Waals surface area contributed by atoms with Gasteiger partial charge in [-0.1, -0.05) is 70.0 Å². The minimum atomic E-state index is -0.467. The number of carbonyl (C=O) groups is 1. The van der Waals surface area contributed by atoms with Crippen molar-refractivity contribution in [2.45, 2.75) is 53.4 Å². The van der Waals surface area contributed by atoms with Crippen LogP contribution >= 0.6 is 23.2 Å². The molecule has 0 heterocycles. The molecular formula is C25H32Cl2N2O4. The van der Waals surface area contributed by atoms with Crippen molar-refractivity contribution >= 4 is 35.3 Å². The SMILES string of the molecule is CCOc1cc(Cl)c(Cl)c(/C=N/NC(=O)COc2ccc(C(C)(C)CC(C)(C)C)cc2)c1O. The molecule has 0 saturated carbocycles. The molecule has 2 aromatic carbocycles. The van der Waals surface area contributed by atoms with Gasteiger partial charge in [-0.05, 0) is 41.9 Å². The highest BCUT2D eigenvalue weighted by atomic mass is 35.5. The number of benzene rings is 2.